The van der Waals surface area contributed by atoms with Crippen molar-refractivity contribution in [2.45, 2.75) is 26.5 Å². The standard InChI is InChI=1S/C20H19Cl2N3O2/c1-13-10-19(25(24-13)12-15-6-4-3-5-7-15)23-20(26)14(2)27-18-9-8-16(21)11-17(18)22/h3-11,14H,12H2,1-2H3,(H,23,26). The molecular weight excluding hydrogens is 385 g/mol. The molecule has 3 rings (SSSR count). The normalized spacial score (nSPS) is 11.9. The summed E-state index contributed by atoms with van der Waals surface area (Å²) in [6.45, 7) is 4.10. The van der Waals surface area contributed by atoms with Gasteiger partial charge in [-0.2, -0.15) is 5.10 Å². The van der Waals surface area contributed by atoms with Gasteiger partial charge in [0.1, 0.15) is 11.6 Å². The Morgan fingerprint density at radius 3 is 2.63 bits per heavy atom. The predicted octanol–water partition coefficient (Wildman–Crippen LogP) is 4.95. The van der Waals surface area contributed by atoms with E-state index in [9.17, 15) is 4.79 Å². The Bertz CT molecular complexity index is 942. The SMILES string of the molecule is Cc1cc(NC(=O)C(C)Oc2ccc(Cl)cc2Cl)n(Cc2ccccc2)n1. The molecule has 0 aliphatic carbocycles. The number of rotatable bonds is 6. The van der Waals surface area contributed by atoms with Crippen molar-refractivity contribution in [2.75, 3.05) is 5.32 Å². The van der Waals surface area contributed by atoms with Crippen molar-refractivity contribution in [2.24, 2.45) is 0 Å². The van der Waals surface area contributed by atoms with Gasteiger partial charge in [0.25, 0.3) is 5.91 Å². The Morgan fingerprint density at radius 1 is 1.19 bits per heavy atom. The molecule has 0 fully saturated rings. The first-order chi connectivity index (χ1) is 12.9. The van der Waals surface area contributed by atoms with Crippen molar-refractivity contribution in [1.82, 2.24) is 9.78 Å². The molecular formula is C20H19Cl2N3O2. The number of ether oxygens (including phenoxy) is 1. The number of halogens is 2. The summed E-state index contributed by atoms with van der Waals surface area (Å²) in [4.78, 5) is 12.6. The molecule has 7 heteroatoms. The lowest BCUT2D eigenvalue weighted by molar-refractivity contribution is -0.122. The fourth-order valence-electron chi connectivity index (χ4n) is 2.57. The van der Waals surface area contributed by atoms with Gasteiger partial charge >= 0.3 is 0 Å². The van der Waals surface area contributed by atoms with Gasteiger partial charge < -0.3 is 10.1 Å². The van der Waals surface area contributed by atoms with Crippen LogP contribution in [0, 0.1) is 6.92 Å². The van der Waals surface area contributed by atoms with E-state index in [-0.39, 0.29) is 5.91 Å². The van der Waals surface area contributed by atoms with Crippen LogP contribution in [0.5, 0.6) is 5.75 Å². The first-order valence-corrected chi connectivity index (χ1v) is 9.19. The van der Waals surface area contributed by atoms with E-state index in [4.69, 9.17) is 27.9 Å². The fourth-order valence-corrected chi connectivity index (χ4v) is 3.02. The lowest BCUT2D eigenvalue weighted by atomic mass is 10.2. The fraction of sp³-hybridized carbons (Fsp3) is 0.200. The number of benzene rings is 2. The molecule has 1 heterocycles. The molecule has 27 heavy (non-hydrogen) atoms. The molecule has 0 aliphatic rings. The molecule has 3 aromatic rings. The molecule has 0 bridgehead atoms. The zero-order chi connectivity index (χ0) is 19.4. The summed E-state index contributed by atoms with van der Waals surface area (Å²) in [5, 5.41) is 8.18. The molecule has 0 spiro atoms. The molecule has 1 amide bonds. The van der Waals surface area contributed by atoms with Crippen molar-refractivity contribution in [1.29, 1.82) is 0 Å². The van der Waals surface area contributed by atoms with E-state index in [1.165, 1.54) is 0 Å². The van der Waals surface area contributed by atoms with Gasteiger partial charge in [-0.05, 0) is 37.6 Å². The first kappa shape index (κ1) is 19.3. The average Bonchev–Trinajstić information content (AvgIpc) is 2.97. The maximum atomic E-state index is 12.6. The maximum Gasteiger partial charge on any atom is 0.266 e. The van der Waals surface area contributed by atoms with E-state index in [0.29, 0.717) is 28.2 Å². The molecule has 140 valence electrons. The maximum absolute atomic E-state index is 12.6. The summed E-state index contributed by atoms with van der Waals surface area (Å²) >= 11 is 12.0. The topological polar surface area (TPSA) is 56.1 Å². The van der Waals surface area contributed by atoms with E-state index >= 15 is 0 Å². The Balaban J connectivity index is 1.70. The monoisotopic (exact) mass is 403 g/mol. The number of carbonyl (C=O) groups is 1. The van der Waals surface area contributed by atoms with Crippen LogP contribution in [0.3, 0.4) is 0 Å². The van der Waals surface area contributed by atoms with Crippen molar-refractivity contribution >= 4 is 34.9 Å². The Hall–Kier alpha value is -2.50. The van der Waals surface area contributed by atoms with Gasteiger partial charge in [0.2, 0.25) is 0 Å². The van der Waals surface area contributed by atoms with Crippen LogP contribution >= 0.6 is 23.2 Å². The lowest BCUT2D eigenvalue weighted by Gasteiger charge is -2.16. The highest BCUT2D eigenvalue weighted by Gasteiger charge is 2.18. The summed E-state index contributed by atoms with van der Waals surface area (Å²) in [5.41, 5.74) is 1.91. The third-order valence-electron chi connectivity index (χ3n) is 3.90. The predicted molar refractivity (Wildman–Crippen MR) is 108 cm³/mol. The van der Waals surface area contributed by atoms with Gasteiger partial charge in [-0.15, -0.1) is 0 Å². The van der Waals surface area contributed by atoms with Gasteiger partial charge in [-0.25, -0.2) is 4.68 Å². The number of carbonyl (C=O) groups excluding carboxylic acids is 1. The van der Waals surface area contributed by atoms with Crippen LogP contribution in [0.4, 0.5) is 5.82 Å². The third-order valence-corrected chi connectivity index (χ3v) is 4.43. The van der Waals surface area contributed by atoms with Gasteiger partial charge in [0, 0.05) is 11.1 Å². The van der Waals surface area contributed by atoms with Crippen LogP contribution in [0.1, 0.15) is 18.2 Å². The zero-order valence-corrected chi connectivity index (χ0v) is 16.5. The number of hydrogen-bond acceptors (Lipinski definition) is 3. The van der Waals surface area contributed by atoms with E-state index < -0.39 is 6.10 Å². The minimum atomic E-state index is -0.746. The van der Waals surface area contributed by atoms with Crippen LogP contribution in [0.15, 0.2) is 54.6 Å². The molecule has 0 aliphatic heterocycles. The van der Waals surface area contributed by atoms with Crippen LogP contribution in [0.25, 0.3) is 0 Å². The number of nitrogens with one attached hydrogen (secondary N) is 1. The second-order valence-corrected chi connectivity index (χ2v) is 6.98. The zero-order valence-electron chi connectivity index (χ0n) is 14.9. The van der Waals surface area contributed by atoms with Crippen molar-refractivity contribution in [3.8, 4) is 5.75 Å². The molecule has 0 radical (unpaired) electrons. The summed E-state index contributed by atoms with van der Waals surface area (Å²) in [7, 11) is 0. The highest BCUT2D eigenvalue weighted by molar-refractivity contribution is 6.35. The molecule has 1 N–H and O–H groups in total. The lowest BCUT2D eigenvalue weighted by Crippen LogP contribution is -2.31. The van der Waals surface area contributed by atoms with Crippen molar-refractivity contribution < 1.29 is 9.53 Å². The third kappa shape index (κ3) is 5.02. The van der Waals surface area contributed by atoms with Crippen LogP contribution in [-0.4, -0.2) is 21.8 Å². The second-order valence-electron chi connectivity index (χ2n) is 6.14. The molecule has 5 nitrogen and oxygen atoms in total. The number of aryl methyl sites for hydroxylation is 1. The summed E-state index contributed by atoms with van der Waals surface area (Å²) in [5.74, 6) is 0.715. The molecule has 0 saturated heterocycles. The molecule has 2 aromatic carbocycles. The number of amides is 1. The minimum Gasteiger partial charge on any atom is -0.479 e. The Morgan fingerprint density at radius 2 is 1.93 bits per heavy atom. The van der Waals surface area contributed by atoms with E-state index in [0.717, 1.165) is 11.3 Å². The van der Waals surface area contributed by atoms with Crippen molar-refractivity contribution in [3.05, 3.63) is 75.9 Å². The van der Waals surface area contributed by atoms with Crippen LogP contribution in [0.2, 0.25) is 10.0 Å². The smallest absolute Gasteiger partial charge is 0.266 e. The molecule has 1 atom stereocenters. The second kappa shape index (κ2) is 8.46. The van der Waals surface area contributed by atoms with E-state index in [1.54, 1.807) is 29.8 Å². The minimum absolute atomic E-state index is 0.296. The highest BCUT2D eigenvalue weighted by atomic mass is 35.5. The number of anilines is 1. The summed E-state index contributed by atoms with van der Waals surface area (Å²) in [6, 6.07) is 16.6. The molecule has 0 saturated carbocycles. The van der Waals surface area contributed by atoms with Gasteiger partial charge in [-0.3, -0.25) is 4.79 Å². The summed E-state index contributed by atoms with van der Waals surface area (Å²) < 4.78 is 7.42. The molecule has 1 aromatic heterocycles. The average molecular weight is 404 g/mol. The van der Waals surface area contributed by atoms with Crippen molar-refractivity contribution in [3.63, 3.8) is 0 Å². The summed E-state index contributed by atoms with van der Waals surface area (Å²) in [6.07, 6.45) is -0.746. The Kier molecular flexibility index (Phi) is 6.04. The number of aromatic nitrogens is 2. The van der Waals surface area contributed by atoms with Crippen LogP contribution in [-0.2, 0) is 11.3 Å². The molecule has 1 unspecified atom stereocenters. The van der Waals surface area contributed by atoms with Gasteiger partial charge in [0.15, 0.2) is 6.10 Å². The van der Waals surface area contributed by atoms with Gasteiger partial charge in [-0.1, -0.05) is 53.5 Å². The largest absolute Gasteiger partial charge is 0.479 e. The van der Waals surface area contributed by atoms with Crippen LogP contribution < -0.4 is 10.1 Å². The highest BCUT2D eigenvalue weighted by Crippen LogP contribution is 2.28. The Labute approximate surface area is 167 Å². The van der Waals surface area contributed by atoms with Gasteiger partial charge in [0.05, 0.1) is 17.3 Å². The quantitative estimate of drug-likeness (QED) is 0.632. The van der Waals surface area contributed by atoms with E-state index in [2.05, 4.69) is 10.4 Å². The van der Waals surface area contributed by atoms with E-state index in [1.807, 2.05) is 43.3 Å². The first-order valence-electron chi connectivity index (χ1n) is 8.43. The number of hydrogen-bond donors (Lipinski definition) is 1. The number of nitrogens with zero attached hydrogens (tertiary/aromatic N) is 2.